The number of hydrogen-bond donors (Lipinski definition) is 2. The quantitative estimate of drug-likeness (QED) is 0.0205. The summed E-state index contributed by atoms with van der Waals surface area (Å²) in [7, 11) is 1.50. The molecule has 0 spiro atoms. The summed E-state index contributed by atoms with van der Waals surface area (Å²) in [6.45, 7) is 7.01. The summed E-state index contributed by atoms with van der Waals surface area (Å²) in [4.78, 5) is 37.5. The third-order valence-corrected chi connectivity index (χ3v) is 13.6. The average molecular weight is 954 g/mol. The lowest BCUT2D eigenvalue weighted by Gasteiger charge is -2.27. The number of unbranched alkanes of at least 4 members (excludes halogenated alkanes) is 33. The summed E-state index contributed by atoms with van der Waals surface area (Å²) in [5.74, 6) is -0.505. The number of phosphoric ester groups is 1. The highest BCUT2D eigenvalue weighted by Gasteiger charge is 2.30. The highest BCUT2D eigenvalue weighted by molar-refractivity contribution is 7.47. The van der Waals surface area contributed by atoms with Crippen LogP contribution >= 0.6 is 7.82 Å². The Balaban J connectivity index is 5.33. The monoisotopic (exact) mass is 954 g/mol. The van der Waals surface area contributed by atoms with E-state index < -0.39 is 20.0 Å². The fourth-order valence-electron chi connectivity index (χ4n) is 8.23. The van der Waals surface area contributed by atoms with Gasteiger partial charge in [-0.25, -0.2) is 4.57 Å². The van der Waals surface area contributed by atoms with Crippen molar-refractivity contribution in [1.82, 2.24) is 5.32 Å². The van der Waals surface area contributed by atoms with Crippen molar-refractivity contribution >= 4 is 19.7 Å². The van der Waals surface area contributed by atoms with Crippen LogP contribution in [0.15, 0.2) is 24.3 Å². The Morgan fingerprint density at radius 1 is 0.515 bits per heavy atom. The highest BCUT2D eigenvalue weighted by Crippen LogP contribution is 2.43. The van der Waals surface area contributed by atoms with Crippen LogP contribution in [0, 0.1) is 0 Å². The van der Waals surface area contributed by atoms with Crippen molar-refractivity contribution in [3.8, 4) is 0 Å². The second-order valence-corrected chi connectivity index (χ2v) is 21.9. The third-order valence-electron chi connectivity index (χ3n) is 12.6. The largest absolute Gasteiger partial charge is 0.472 e. The fourth-order valence-corrected chi connectivity index (χ4v) is 8.96. The molecule has 10 heteroatoms. The van der Waals surface area contributed by atoms with E-state index in [1.165, 1.54) is 161 Å². The lowest BCUT2D eigenvalue weighted by atomic mass is 10.0. The van der Waals surface area contributed by atoms with Crippen molar-refractivity contribution in [1.29, 1.82) is 0 Å². The molecule has 0 aliphatic heterocycles. The Morgan fingerprint density at radius 2 is 0.879 bits per heavy atom. The maximum Gasteiger partial charge on any atom is 0.472 e. The Morgan fingerprint density at radius 3 is 1.29 bits per heavy atom. The number of nitrogens with one attached hydrogen (secondary N) is 1. The predicted octanol–water partition coefficient (Wildman–Crippen LogP) is 16.6. The van der Waals surface area contributed by atoms with Crippen molar-refractivity contribution in [2.75, 3.05) is 40.9 Å². The van der Waals surface area contributed by atoms with Crippen molar-refractivity contribution in [3.05, 3.63) is 24.3 Å². The molecule has 0 rings (SSSR count). The molecule has 0 heterocycles. The molecular weight excluding hydrogens is 844 g/mol. The van der Waals surface area contributed by atoms with Crippen LogP contribution in [-0.4, -0.2) is 74.3 Å². The van der Waals surface area contributed by atoms with Gasteiger partial charge in [0.2, 0.25) is 5.91 Å². The van der Waals surface area contributed by atoms with Gasteiger partial charge in [-0.3, -0.25) is 18.6 Å². The van der Waals surface area contributed by atoms with Gasteiger partial charge in [0, 0.05) is 12.8 Å². The van der Waals surface area contributed by atoms with Crippen molar-refractivity contribution in [3.63, 3.8) is 0 Å². The molecule has 1 amide bonds. The minimum atomic E-state index is -4.44. The van der Waals surface area contributed by atoms with Crippen molar-refractivity contribution < 1.29 is 37.3 Å². The van der Waals surface area contributed by atoms with E-state index in [0.717, 1.165) is 77.0 Å². The number of nitrogens with zero attached hydrogens (tertiary/aromatic N) is 1. The van der Waals surface area contributed by atoms with Crippen molar-refractivity contribution in [2.45, 2.75) is 283 Å². The van der Waals surface area contributed by atoms with Gasteiger partial charge in [-0.15, -0.1) is 0 Å². The molecule has 3 atom stereocenters. The molecule has 0 saturated heterocycles. The van der Waals surface area contributed by atoms with E-state index in [4.69, 9.17) is 13.8 Å². The molecule has 0 aliphatic rings. The van der Waals surface area contributed by atoms with Gasteiger partial charge in [0.15, 0.2) is 0 Å². The maximum absolute atomic E-state index is 13.5. The number of hydrogen-bond acceptors (Lipinski definition) is 6. The van der Waals surface area contributed by atoms with E-state index >= 15 is 0 Å². The number of amides is 1. The number of carbonyl (C=O) groups is 2. The van der Waals surface area contributed by atoms with Crippen LogP contribution in [0.3, 0.4) is 0 Å². The molecule has 0 aromatic rings. The first-order valence-electron chi connectivity index (χ1n) is 28.2. The summed E-state index contributed by atoms with van der Waals surface area (Å²) < 4.78 is 30.6. The topological polar surface area (TPSA) is 111 Å². The second-order valence-electron chi connectivity index (χ2n) is 20.5. The molecule has 0 aromatic carbocycles. The van der Waals surface area contributed by atoms with Gasteiger partial charge < -0.3 is 19.4 Å². The number of quaternary nitrogens is 1. The lowest BCUT2D eigenvalue weighted by Crippen LogP contribution is -2.47. The van der Waals surface area contributed by atoms with Crippen LogP contribution in [-0.2, 0) is 27.9 Å². The summed E-state index contributed by atoms with van der Waals surface area (Å²) in [6, 6.07) is -0.845. The minimum Gasteiger partial charge on any atom is -0.456 e. The van der Waals surface area contributed by atoms with E-state index in [1.54, 1.807) is 0 Å². The zero-order valence-electron chi connectivity index (χ0n) is 44.5. The van der Waals surface area contributed by atoms with Gasteiger partial charge in [0.25, 0.3) is 0 Å². The molecule has 9 nitrogen and oxygen atoms in total. The summed E-state index contributed by atoms with van der Waals surface area (Å²) in [5, 5.41) is 3.04. The van der Waals surface area contributed by atoms with Crippen LogP contribution in [0.4, 0.5) is 0 Å². The predicted molar refractivity (Wildman–Crippen MR) is 282 cm³/mol. The standard InChI is InChI=1S/C56H109N2O7P/c1-7-10-13-16-19-22-25-27-28-29-31-33-36-39-42-45-48-55(59)57-53(52-64-66(61,62)63-51-50-58(4,5)6)54(47-44-41-38-35-32-24-21-18-15-12-9-3)65-56(60)49-46-43-40-37-34-30-26-23-20-17-14-11-8-2/h28-29,44,47,53-54H,7-27,30-43,45-46,48-52H2,1-6H3,(H-,57,59,61,62)/p+1/b29-28+,47-44+. The first-order chi connectivity index (χ1) is 31.9. The van der Waals surface area contributed by atoms with E-state index in [1.807, 2.05) is 33.3 Å². The summed E-state index contributed by atoms with van der Waals surface area (Å²) in [6.07, 6.45) is 53.1. The minimum absolute atomic E-state index is 0.0417. The number of rotatable bonds is 51. The normalized spacial score (nSPS) is 14.0. The first kappa shape index (κ1) is 64.5. The molecule has 390 valence electrons. The van der Waals surface area contributed by atoms with Gasteiger partial charge in [-0.1, -0.05) is 225 Å². The Labute approximate surface area is 409 Å². The Kier molecular flexibility index (Phi) is 46.1. The zero-order chi connectivity index (χ0) is 48.7. The fraction of sp³-hybridized carbons (Fsp3) is 0.893. The van der Waals surface area contributed by atoms with Crippen LogP contribution in [0.5, 0.6) is 0 Å². The average Bonchev–Trinajstić information content (AvgIpc) is 3.27. The van der Waals surface area contributed by atoms with Gasteiger partial charge >= 0.3 is 13.8 Å². The molecule has 0 saturated carbocycles. The first-order valence-corrected chi connectivity index (χ1v) is 29.7. The molecule has 0 radical (unpaired) electrons. The number of esters is 1. The second kappa shape index (κ2) is 47.2. The van der Waals surface area contributed by atoms with Gasteiger partial charge in [0.1, 0.15) is 19.3 Å². The lowest BCUT2D eigenvalue weighted by molar-refractivity contribution is -0.870. The Hall–Kier alpha value is -1.51. The van der Waals surface area contributed by atoms with E-state index in [9.17, 15) is 19.0 Å². The van der Waals surface area contributed by atoms with Crippen molar-refractivity contribution in [2.24, 2.45) is 0 Å². The number of likely N-dealkylation sites (N-methyl/N-ethyl adjacent to an activating group) is 1. The molecule has 0 bridgehead atoms. The number of allylic oxidation sites excluding steroid dienone is 3. The molecular formula is C56H110N2O7P+. The summed E-state index contributed by atoms with van der Waals surface area (Å²) >= 11 is 0. The third kappa shape index (κ3) is 47.6. The number of ether oxygens (including phenoxy) is 1. The van der Waals surface area contributed by atoms with Gasteiger partial charge in [-0.2, -0.15) is 0 Å². The molecule has 66 heavy (non-hydrogen) atoms. The van der Waals surface area contributed by atoms with Crippen LogP contribution < -0.4 is 5.32 Å². The molecule has 0 aromatic heterocycles. The maximum atomic E-state index is 13.5. The zero-order valence-corrected chi connectivity index (χ0v) is 45.3. The van der Waals surface area contributed by atoms with E-state index in [0.29, 0.717) is 23.9 Å². The molecule has 0 aliphatic carbocycles. The van der Waals surface area contributed by atoms with Crippen LogP contribution in [0.1, 0.15) is 271 Å². The number of carbonyl (C=O) groups excluding carboxylic acids is 2. The van der Waals surface area contributed by atoms with Gasteiger partial charge in [0.05, 0.1) is 33.8 Å². The van der Waals surface area contributed by atoms with Crippen LogP contribution in [0.25, 0.3) is 0 Å². The molecule has 2 N–H and O–H groups in total. The van der Waals surface area contributed by atoms with E-state index in [-0.39, 0.29) is 25.1 Å². The SMILES string of the molecule is CCCCCCCCC/C=C/CCCCCCCC(=O)NC(COP(=O)(O)OCC[N+](C)(C)C)C(/C=C/CCCCCCCCCCC)OC(=O)CCCCCCCCCCCCCCC. The Bertz CT molecular complexity index is 1190. The molecule has 3 unspecified atom stereocenters. The van der Waals surface area contributed by atoms with E-state index in [2.05, 4.69) is 38.2 Å². The highest BCUT2D eigenvalue weighted by atomic mass is 31.2. The van der Waals surface area contributed by atoms with Crippen LogP contribution in [0.2, 0.25) is 0 Å². The summed E-state index contributed by atoms with van der Waals surface area (Å²) in [5.41, 5.74) is 0. The molecule has 0 fully saturated rings. The smallest absolute Gasteiger partial charge is 0.456 e. The van der Waals surface area contributed by atoms with Gasteiger partial charge in [-0.05, 0) is 57.4 Å². The number of phosphoric acid groups is 1.